The Morgan fingerprint density at radius 2 is 2.00 bits per heavy atom. The molecule has 2 aliphatic heterocycles. The van der Waals surface area contributed by atoms with Gasteiger partial charge in [0.25, 0.3) is 0 Å². The summed E-state index contributed by atoms with van der Waals surface area (Å²) >= 11 is 0. The van der Waals surface area contributed by atoms with Crippen LogP contribution >= 0.6 is 0 Å². The average Bonchev–Trinajstić information content (AvgIpc) is 3.27. The van der Waals surface area contributed by atoms with Gasteiger partial charge in [-0.2, -0.15) is 0 Å². The van der Waals surface area contributed by atoms with E-state index >= 15 is 0 Å². The third kappa shape index (κ3) is 3.37. The highest BCUT2D eigenvalue weighted by molar-refractivity contribution is 5.89. The number of ether oxygens (including phenoxy) is 2. The monoisotopic (exact) mass is 360 g/mol. The molecule has 6 nitrogen and oxygen atoms in total. The Morgan fingerprint density at radius 1 is 1.23 bits per heavy atom. The average molecular weight is 360 g/mol. The second kappa shape index (κ2) is 7.56. The third-order valence-corrected chi connectivity index (χ3v) is 5.46. The van der Waals surface area contributed by atoms with Crippen LogP contribution < -0.4 is 9.47 Å². The van der Waals surface area contributed by atoms with E-state index in [-0.39, 0.29) is 29.8 Å². The molecule has 2 atom stereocenters. The minimum absolute atomic E-state index is 0.0317. The van der Waals surface area contributed by atoms with E-state index in [1.54, 1.807) is 19.1 Å². The van der Waals surface area contributed by atoms with E-state index in [1.807, 2.05) is 36.9 Å². The van der Waals surface area contributed by atoms with Crippen molar-refractivity contribution in [1.29, 1.82) is 0 Å². The number of methoxy groups -OCH3 is 2. The van der Waals surface area contributed by atoms with Crippen molar-refractivity contribution in [3.8, 4) is 11.5 Å². The van der Waals surface area contributed by atoms with E-state index in [2.05, 4.69) is 0 Å². The lowest BCUT2D eigenvalue weighted by atomic mass is 10.0. The molecular weight excluding hydrogens is 332 g/mol. The van der Waals surface area contributed by atoms with Crippen LogP contribution in [0.25, 0.3) is 0 Å². The van der Waals surface area contributed by atoms with Crippen LogP contribution in [0.3, 0.4) is 0 Å². The number of carbonyl (C=O) groups excluding carboxylic acids is 2. The maximum atomic E-state index is 13.2. The van der Waals surface area contributed by atoms with Gasteiger partial charge in [0, 0.05) is 31.1 Å². The van der Waals surface area contributed by atoms with Crippen LogP contribution in [0.15, 0.2) is 18.2 Å². The minimum Gasteiger partial charge on any atom is -0.497 e. The van der Waals surface area contributed by atoms with E-state index in [4.69, 9.17) is 9.47 Å². The molecule has 0 saturated carbocycles. The SMILES string of the molecule is COc1ccc(OC)c([C@H]2CCCN2C(=O)[C@@H]2CC(=O)N(C(C)C)C2)c1. The second-order valence-electron chi connectivity index (χ2n) is 7.34. The first-order valence-electron chi connectivity index (χ1n) is 9.28. The van der Waals surface area contributed by atoms with Crippen molar-refractivity contribution >= 4 is 11.8 Å². The van der Waals surface area contributed by atoms with E-state index in [0.29, 0.717) is 13.0 Å². The Bertz CT molecular complexity index is 688. The van der Waals surface area contributed by atoms with Gasteiger partial charge < -0.3 is 19.3 Å². The first-order valence-corrected chi connectivity index (χ1v) is 9.28. The molecule has 2 fully saturated rings. The normalized spacial score (nSPS) is 23.0. The maximum Gasteiger partial charge on any atom is 0.228 e. The molecule has 2 saturated heterocycles. The van der Waals surface area contributed by atoms with Crippen LogP contribution in [0.2, 0.25) is 0 Å². The molecule has 0 aromatic heterocycles. The lowest BCUT2D eigenvalue weighted by molar-refractivity contribution is -0.136. The summed E-state index contributed by atoms with van der Waals surface area (Å²) in [6.45, 7) is 5.22. The smallest absolute Gasteiger partial charge is 0.228 e. The largest absolute Gasteiger partial charge is 0.497 e. The van der Waals surface area contributed by atoms with Gasteiger partial charge in [-0.1, -0.05) is 0 Å². The van der Waals surface area contributed by atoms with Crippen molar-refractivity contribution in [2.24, 2.45) is 5.92 Å². The fourth-order valence-electron chi connectivity index (χ4n) is 4.08. The topological polar surface area (TPSA) is 59.1 Å². The van der Waals surface area contributed by atoms with Crippen LogP contribution in [-0.4, -0.2) is 55.0 Å². The van der Waals surface area contributed by atoms with Crippen LogP contribution in [0.1, 0.15) is 44.7 Å². The molecule has 0 spiro atoms. The number of nitrogens with zero attached hydrogens (tertiary/aromatic N) is 2. The zero-order valence-corrected chi connectivity index (χ0v) is 16.0. The van der Waals surface area contributed by atoms with Crippen LogP contribution in [-0.2, 0) is 9.59 Å². The summed E-state index contributed by atoms with van der Waals surface area (Å²) in [5.74, 6) is 1.42. The summed E-state index contributed by atoms with van der Waals surface area (Å²) in [5.41, 5.74) is 0.975. The number of hydrogen-bond acceptors (Lipinski definition) is 4. The number of amides is 2. The summed E-state index contributed by atoms with van der Waals surface area (Å²) in [7, 11) is 3.27. The van der Waals surface area contributed by atoms with E-state index in [9.17, 15) is 9.59 Å². The molecule has 0 unspecified atom stereocenters. The van der Waals surface area contributed by atoms with Crippen molar-refractivity contribution in [2.45, 2.75) is 45.2 Å². The van der Waals surface area contributed by atoms with E-state index < -0.39 is 0 Å². The van der Waals surface area contributed by atoms with Gasteiger partial charge in [-0.15, -0.1) is 0 Å². The molecule has 1 aromatic carbocycles. The molecule has 0 radical (unpaired) electrons. The molecule has 2 heterocycles. The molecule has 2 amide bonds. The van der Waals surface area contributed by atoms with Gasteiger partial charge in [-0.25, -0.2) is 0 Å². The molecule has 1 aromatic rings. The lowest BCUT2D eigenvalue weighted by Crippen LogP contribution is -2.38. The number of hydrogen-bond donors (Lipinski definition) is 0. The molecular formula is C20H28N2O4. The van der Waals surface area contributed by atoms with Gasteiger partial charge >= 0.3 is 0 Å². The van der Waals surface area contributed by atoms with Gasteiger partial charge in [0.1, 0.15) is 11.5 Å². The Hall–Kier alpha value is -2.24. The molecule has 0 N–H and O–H groups in total. The molecule has 142 valence electrons. The Balaban J connectivity index is 1.83. The summed E-state index contributed by atoms with van der Waals surface area (Å²) in [5, 5.41) is 0. The molecule has 6 heteroatoms. The van der Waals surface area contributed by atoms with Crippen molar-refractivity contribution in [3.63, 3.8) is 0 Å². The molecule has 3 rings (SSSR count). The van der Waals surface area contributed by atoms with Gasteiger partial charge in [-0.3, -0.25) is 9.59 Å². The second-order valence-corrected chi connectivity index (χ2v) is 7.34. The Labute approximate surface area is 155 Å². The van der Waals surface area contributed by atoms with Gasteiger partial charge in [0.05, 0.1) is 26.2 Å². The fourth-order valence-corrected chi connectivity index (χ4v) is 4.08. The molecule has 26 heavy (non-hydrogen) atoms. The van der Waals surface area contributed by atoms with Crippen molar-refractivity contribution in [2.75, 3.05) is 27.3 Å². The fraction of sp³-hybridized carbons (Fsp3) is 0.600. The molecule has 2 aliphatic rings. The number of rotatable bonds is 5. The lowest BCUT2D eigenvalue weighted by Gasteiger charge is -2.29. The highest BCUT2D eigenvalue weighted by Crippen LogP contribution is 2.40. The van der Waals surface area contributed by atoms with Gasteiger partial charge in [0.15, 0.2) is 0 Å². The van der Waals surface area contributed by atoms with Crippen LogP contribution in [0.5, 0.6) is 11.5 Å². The molecule has 0 aliphatic carbocycles. The standard InChI is InChI=1S/C20H28N2O4/c1-13(2)22-12-14(10-19(22)23)20(24)21-9-5-6-17(21)16-11-15(25-3)7-8-18(16)26-4/h7-8,11,13-14,17H,5-6,9-10,12H2,1-4H3/t14-,17-/m1/s1. The van der Waals surface area contributed by atoms with Gasteiger partial charge in [-0.05, 0) is 44.9 Å². The van der Waals surface area contributed by atoms with E-state index in [0.717, 1.165) is 36.4 Å². The first kappa shape index (κ1) is 18.5. The highest BCUT2D eigenvalue weighted by atomic mass is 16.5. The number of carbonyl (C=O) groups is 2. The zero-order valence-electron chi connectivity index (χ0n) is 16.0. The quantitative estimate of drug-likeness (QED) is 0.810. The first-order chi connectivity index (χ1) is 12.5. The predicted octanol–water partition coefficient (Wildman–Crippen LogP) is 2.62. The number of benzene rings is 1. The summed E-state index contributed by atoms with van der Waals surface area (Å²) in [4.78, 5) is 29.1. The summed E-state index contributed by atoms with van der Waals surface area (Å²) in [6, 6.07) is 5.80. The maximum absolute atomic E-state index is 13.2. The van der Waals surface area contributed by atoms with Crippen LogP contribution in [0.4, 0.5) is 0 Å². The van der Waals surface area contributed by atoms with Crippen molar-refractivity contribution in [3.05, 3.63) is 23.8 Å². The Kier molecular flexibility index (Phi) is 5.39. The highest BCUT2D eigenvalue weighted by Gasteiger charge is 2.41. The zero-order chi connectivity index (χ0) is 18.8. The summed E-state index contributed by atoms with van der Waals surface area (Å²) < 4.78 is 10.9. The number of likely N-dealkylation sites (tertiary alicyclic amines) is 2. The summed E-state index contributed by atoms with van der Waals surface area (Å²) in [6.07, 6.45) is 2.16. The van der Waals surface area contributed by atoms with Gasteiger partial charge in [0.2, 0.25) is 11.8 Å². The predicted molar refractivity (Wildman–Crippen MR) is 98.2 cm³/mol. The van der Waals surface area contributed by atoms with E-state index in [1.165, 1.54) is 0 Å². The minimum atomic E-state index is -0.248. The Morgan fingerprint density at radius 3 is 2.62 bits per heavy atom. The van der Waals surface area contributed by atoms with Crippen LogP contribution in [0, 0.1) is 5.92 Å². The third-order valence-electron chi connectivity index (χ3n) is 5.46. The van der Waals surface area contributed by atoms with Crippen molar-refractivity contribution in [1.82, 2.24) is 9.80 Å². The molecule has 0 bridgehead atoms. The van der Waals surface area contributed by atoms with Crippen molar-refractivity contribution < 1.29 is 19.1 Å².